The Balaban J connectivity index is 3.33. The summed E-state index contributed by atoms with van der Waals surface area (Å²) >= 11 is 0. The van der Waals surface area contributed by atoms with Gasteiger partial charge in [0, 0.05) is 26.7 Å². The summed E-state index contributed by atoms with van der Waals surface area (Å²) in [5, 5.41) is 0. The molecule has 0 heterocycles. The Morgan fingerprint density at radius 1 is 1.26 bits per heavy atom. The summed E-state index contributed by atoms with van der Waals surface area (Å²) in [6.07, 6.45) is -2.11. The van der Waals surface area contributed by atoms with E-state index in [1.165, 1.54) is 25.1 Å². The second-order valence-corrected chi connectivity index (χ2v) is 8.82. The molecule has 0 saturated heterocycles. The van der Waals surface area contributed by atoms with Crippen LogP contribution < -0.4 is 0 Å². The molecule has 0 saturated carbocycles. The predicted octanol–water partition coefficient (Wildman–Crippen LogP) is 3.53. The fourth-order valence-electron chi connectivity index (χ4n) is 2.18. The van der Waals surface area contributed by atoms with Crippen molar-refractivity contribution >= 4 is 16.8 Å². The molecular formula is C17H24F2O3S. The maximum Gasteiger partial charge on any atom is 0.341 e. The van der Waals surface area contributed by atoms with Crippen molar-refractivity contribution in [2.75, 3.05) is 12.4 Å². The van der Waals surface area contributed by atoms with Gasteiger partial charge in [0.25, 0.3) is 0 Å². The lowest BCUT2D eigenvalue weighted by atomic mass is 9.79. The molecule has 3 nitrogen and oxygen atoms in total. The smallest absolute Gasteiger partial charge is 0.341 e. The number of benzene rings is 1. The van der Waals surface area contributed by atoms with Crippen molar-refractivity contribution in [2.24, 2.45) is 0 Å². The van der Waals surface area contributed by atoms with Gasteiger partial charge in [0.15, 0.2) is 0 Å². The Bertz CT molecular complexity index is 583. The molecule has 0 amide bonds. The zero-order chi connectivity index (χ0) is 17.8. The van der Waals surface area contributed by atoms with Gasteiger partial charge >= 0.3 is 5.97 Å². The van der Waals surface area contributed by atoms with Gasteiger partial charge in [-0.15, -0.1) is 0 Å². The Morgan fingerprint density at radius 2 is 1.83 bits per heavy atom. The summed E-state index contributed by atoms with van der Waals surface area (Å²) in [5.41, 5.74) is -1.55. The fraction of sp³-hybridized carbons (Fsp3) is 0.588. The van der Waals surface area contributed by atoms with Crippen molar-refractivity contribution in [3.05, 3.63) is 35.6 Å². The van der Waals surface area contributed by atoms with Gasteiger partial charge in [-0.25, -0.2) is 13.6 Å². The number of hydrogen-bond acceptors (Lipinski definition) is 3. The number of halogens is 2. The van der Waals surface area contributed by atoms with Crippen LogP contribution in [0, 0.1) is 5.82 Å². The summed E-state index contributed by atoms with van der Waals surface area (Å²) < 4.78 is 45.7. The molecular weight excluding hydrogens is 322 g/mol. The van der Waals surface area contributed by atoms with E-state index in [2.05, 4.69) is 0 Å². The molecule has 0 unspecified atom stereocenters. The van der Waals surface area contributed by atoms with Crippen LogP contribution in [0.15, 0.2) is 24.3 Å². The highest BCUT2D eigenvalue weighted by molar-refractivity contribution is 7.86. The van der Waals surface area contributed by atoms with Gasteiger partial charge in [0.2, 0.25) is 6.17 Å². The summed E-state index contributed by atoms with van der Waals surface area (Å²) in [6.45, 7) is 8.26. The van der Waals surface area contributed by atoms with Crippen LogP contribution >= 0.6 is 0 Å². The molecule has 0 N–H and O–H groups in total. The third-order valence-electron chi connectivity index (χ3n) is 3.66. The molecule has 1 aromatic rings. The summed E-state index contributed by atoms with van der Waals surface area (Å²) in [5.74, 6) is -1.88. The molecule has 0 aliphatic rings. The van der Waals surface area contributed by atoms with Crippen molar-refractivity contribution in [1.82, 2.24) is 0 Å². The van der Waals surface area contributed by atoms with Crippen LogP contribution in [0.2, 0.25) is 0 Å². The van der Waals surface area contributed by atoms with Gasteiger partial charge in [0.1, 0.15) is 5.82 Å². The number of ether oxygens (including phenoxy) is 1. The molecule has 0 radical (unpaired) electrons. The average Bonchev–Trinajstić information content (AvgIpc) is 2.45. The van der Waals surface area contributed by atoms with E-state index in [1.54, 1.807) is 33.8 Å². The van der Waals surface area contributed by atoms with Crippen LogP contribution in [0.5, 0.6) is 0 Å². The van der Waals surface area contributed by atoms with Gasteiger partial charge in [-0.05, 0) is 39.3 Å². The monoisotopic (exact) mass is 346 g/mol. The maximum atomic E-state index is 14.9. The molecule has 1 aromatic carbocycles. The van der Waals surface area contributed by atoms with Gasteiger partial charge in [-0.3, -0.25) is 4.21 Å². The lowest BCUT2D eigenvalue weighted by molar-refractivity contribution is -0.151. The first-order chi connectivity index (χ1) is 10.5. The number of hydrogen-bond donors (Lipinski definition) is 0. The van der Waals surface area contributed by atoms with Gasteiger partial charge in [0.05, 0.1) is 6.61 Å². The van der Waals surface area contributed by atoms with Crippen molar-refractivity contribution in [2.45, 2.75) is 51.0 Å². The van der Waals surface area contributed by atoms with Crippen molar-refractivity contribution < 1.29 is 22.5 Å². The largest absolute Gasteiger partial charge is 0.464 e. The topological polar surface area (TPSA) is 43.4 Å². The number of carbonyl (C=O) groups is 1. The van der Waals surface area contributed by atoms with E-state index in [9.17, 15) is 17.8 Å². The quantitative estimate of drug-likeness (QED) is 0.740. The minimum absolute atomic E-state index is 0.0228. The number of carbonyl (C=O) groups excluding carboxylic acids is 1. The van der Waals surface area contributed by atoms with Crippen molar-refractivity contribution in [1.29, 1.82) is 0 Å². The second-order valence-electron chi connectivity index (χ2n) is 6.61. The van der Waals surface area contributed by atoms with E-state index < -0.39 is 38.9 Å². The second kappa shape index (κ2) is 7.51. The maximum absolute atomic E-state index is 14.9. The third-order valence-corrected chi connectivity index (χ3v) is 5.88. The predicted molar refractivity (Wildman–Crippen MR) is 88.0 cm³/mol. The van der Waals surface area contributed by atoms with E-state index in [-0.39, 0.29) is 17.9 Å². The van der Waals surface area contributed by atoms with E-state index in [4.69, 9.17) is 4.74 Å². The van der Waals surface area contributed by atoms with Gasteiger partial charge in [-0.1, -0.05) is 25.1 Å². The van der Waals surface area contributed by atoms with Crippen LogP contribution in [0.3, 0.4) is 0 Å². The highest BCUT2D eigenvalue weighted by atomic mass is 32.2. The van der Waals surface area contributed by atoms with E-state index >= 15 is 0 Å². The Labute approximate surface area is 138 Å². The normalized spacial score (nSPS) is 17.2. The van der Waals surface area contributed by atoms with Crippen LogP contribution in [-0.4, -0.2) is 33.5 Å². The summed E-state index contributed by atoms with van der Waals surface area (Å²) in [7, 11) is -1.47. The molecule has 130 valence electrons. The first-order valence-corrected chi connectivity index (χ1v) is 8.80. The zero-order valence-electron chi connectivity index (χ0n) is 14.2. The summed E-state index contributed by atoms with van der Waals surface area (Å²) in [6, 6.07) is 5.67. The van der Waals surface area contributed by atoms with Crippen LogP contribution in [0.1, 0.15) is 40.2 Å². The molecule has 1 rings (SSSR count). The van der Waals surface area contributed by atoms with Gasteiger partial charge < -0.3 is 4.74 Å². The standard InChI is InChI=1S/C17H24F2O3S/c1-6-22-15(20)14(19)17(5,11-23(21)16(2,3)4)12-9-7-8-10-13(12)18/h7-10,14H,6,11H2,1-5H3/t14-,17+,23-/m0/s1. The van der Waals surface area contributed by atoms with E-state index in [0.29, 0.717) is 0 Å². The van der Waals surface area contributed by atoms with Crippen LogP contribution in [0.4, 0.5) is 8.78 Å². The SMILES string of the molecule is CCOC(=O)[C@H](F)[C@](C)(C[S@](=O)C(C)(C)C)c1ccccc1F. The Morgan fingerprint density at radius 3 is 2.30 bits per heavy atom. The molecule has 0 aliphatic heterocycles. The van der Waals surface area contributed by atoms with Gasteiger partial charge in [-0.2, -0.15) is 0 Å². The molecule has 6 heteroatoms. The number of rotatable bonds is 6. The third kappa shape index (κ3) is 4.59. The van der Waals surface area contributed by atoms with Crippen LogP contribution in [0.25, 0.3) is 0 Å². The highest BCUT2D eigenvalue weighted by Crippen LogP contribution is 2.35. The molecule has 0 fully saturated rings. The Hall–Kier alpha value is -1.30. The van der Waals surface area contributed by atoms with Crippen LogP contribution in [-0.2, 0) is 25.7 Å². The first-order valence-electron chi connectivity index (χ1n) is 7.48. The van der Waals surface area contributed by atoms with Crippen molar-refractivity contribution in [3.63, 3.8) is 0 Å². The molecule has 0 aromatic heterocycles. The fourth-order valence-corrected chi connectivity index (χ4v) is 3.46. The van der Waals surface area contributed by atoms with E-state index in [1.807, 2.05) is 0 Å². The number of esters is 1. The average molecular weight is 346 g/mol. The first kappa shape index (κ1) is 19.7. The highest BCUT2D eigenvalue weighted by Gasteiger charge is 2.46. The summed E-state index contributed by atoms with van der Waals surface area (Å²) in [4.78, 5) is 11.9. The minimum atomic E-state index is -2.11. The van der Waals surface area contributed by atoms with Crippen molar-refractivity contribution in [3.8, 4) is 0 Å². The molecule has 0 spiro atoms. The lowest BCUT2D eigenvalue weighted by Crippen LogP contribution is -2.47. The molecule has 0 bridgehead atoms. The zero-order valence-corrected chi connectivity index (χ0v) is 15.0. The lowest BCUT2D eigenvalue weighted by Gasteiger charge is -2.34. The minimum Gasteiger partial charge on any atom is -0.464 e. The number of alkyl halides is 1. The molecule has 0 aliphatic carbocycles. The molecule has 3 atom stereocenters. The van der Waals surface area contributed by atoms with E-state index in [0.717, 1.165) is 0 Å². The molecule has 23 heavy (non-hydrogen) atoms. The Kier molecular flexibility index (Phi) is 6.45.